The summed E-state index contributed by atoms with van der Waals surface area (Å²) in [4.78, 5) is 24.8. The predicted molar refractivity (Wildman–Crippen MR) is 155 cm³/mol. The molecule has 42 heavy (non-hydrogen) atoms. The van der Waals surface area contributed by atoms with Crippen LogP contribution in [0.4, 0.5) is 0 Å². The molecule has 214 valence electrons. The van der Waals surface area contributed by atoms with Gasteiger partial charge in [0.1, 0.15) is 5.69 Å². The number of nitrogens with one attached hydrogen (secondary N) is 2. The van der Waals surface area contributed by atoms with Gasteiger partial charge in [0.25, 0.3) is 5.91 Å². The van der Waals surface area contributed by atoms with E-state index in [9.17, 15) is 19.8 Å². The third-order valence-electron chi connectivity index (χ3n) is 6.96. The second kappa shape index (κ2) is 13.0. The van der Waals surface area contributed by atoms with Gasteiger partial charge in [-0.25, -0.2) is 4.79 Å². The SMILES string of the molecule is CCCc1cc(C(=O)NC(Cc2ccccc2)C(O)C(=O)O)nn1Cc1ccc(-c2ccccc2-c2nn[nH]n2)cc1. The molecular formula is C31H31N7O4. The van der Waals surface area contributed by atoms with Crippen molar-refractivity contribution < 1.29 is 19.8 Å². The average Bonchev–Trinajstić information content (AvgIpc) is 3.68. The first kappa shape index (κ1) is 28.4. The maximum absolute atomic E-state index is 13.2. The lowest BCUT2D eigenvalue weighted by Gasteiger charge is -2.21. The molecular weight excluding hydrogens is 534 g/mol. The van der Waals surface area contributed by atoms with Crippen LogP contribution in [0.1, 0.15) is 40.7 Å². The lowest BCUT2D eigenvalue weighted by atomic mass is 9.98. The minimum atomic E-state index is -1.77. The molecule has 0 fully saturated rings. The van der Waals surface area contributed by atoms with E-state index >= 15 is 0 Å². The first-order valence-corrected chi connectivity index (χ1v) is 13.7. The summed E-state index contributed by atoms with van der Waals surface area (Å²) in [6.45, 7) is 2.49. The van der Waals surface area contributed by atoms with Gasteiger partial charge in [-0.15, -0.1) is 10.2 Å². The fraction of sp³-hybridized carbons (Fsp3) is 0.226. The second-order valence-electron chi connectivity index (χ2n) is 9.96. The van der Waals surface area contributed by atoms with E-state index in [0.29, 0.717) is 18.8 Å². The minimum absolute atomic E-state index is 0.158. The van der Waals surface area contributed by atoms with Crippen molar-refractivity contribution in [2.75, 3.05) is 0 Å². The smallest absolute Gasteiger partial charge is 0.334 e. The van der Waals surface area contributed by atoms with Crippen molar-refractivity contribution in [1.82, 2.24) is 35.7 Å². The quantitative estimate of drug-likeness (QED) is 0.179. The zero-order chi connectivity index (χ0) is 29.5. The number of tetrazole rings is 1. The summed E-state index contributed by atoms with van der Waals surface area (Å²) in [5.41, 5.74) is 5.67. The molecule has 0 saturated carbocycles. The van der Waals surface area contributed by atoms with Crippen molar-refractivity contribution >= 4 is 11.9 Å². The second-order valence-corrected chi connectivity index (χ2v) is 9.96. The highest BCUT2D eigenvalue weighted by Crippen LogP contribution is 2.30. The molecule has 2 unspecified atom stereocenters. The summed E-state index contributed by atoms with van der Waals surface area (Å²) in [5, 5.41) is 41.4. The van der Waals surface area contributed by atoms with Gasteiger partial charge < -0.3 is 15.5 Å². The van der Waals surface area contributed by atoms with E-state index < -0.39 is 24.0 Å². The number of rotatable bonds is 12. The van der Waals surface area contributed by atoms with Crippen LogP contribution < -0.4 is 5.32 Å². The number of hydrogen-bond acceptors (Lipinski definition) is 7. The Balaban J connectivity index is 1.34. The topological polar surface area (TPSA) is 159 Å². The lowest BCUT2D eigenvalue weighted by molar-refractivity contribution is -0.148. The molecule has 0 radical (unpaired) electrons. The zero-order valence-corrected chi connectivity index (χ0v) is 23.0. The first-order valence-electron chi connectivity index (χ1n) is 13.7. The molecule has 0 aliphatic carbocycles. The molecule has 11 heteroatoms. The Morgan fingerprint density at radius 3 is 2.33 bits per heavy atom. The standard InChI is InChI=1S/C31H31N7O4/c1-2-8-23-18-27(30(40)32-26(28(39)31(41)42)17-20-9-4-3-5-10-20)35-38(23)19-21-13-15-22(16-14-21)24-11-6-7-12-25(24)29-33-36-37-34-29/h3-7,9-16,18,26,28,39H,2,8,17,19H2,1H3,(H,32,40)(H,41,42)(H,33,34,36,37). The van der Waals surface area contributed by atoms with Crippen molar-refractivity contribution in [2.24, 2.45) is 0 Å². The van der Waals surface area contributed by atoms with Gasteiger partial charge in [0.15, 0.2) is 6.10 Å². The normalized spacial score (nSPS) is 12.5. The van der Waals surface area contributed by atoms with Gasteiger partial charge in [-0.3, -0.25) is 9.48 Å². The van der Waals surface area contributed by atoms with Crippen LogP contribution in [0.25, 0.3) is 22.5 Å². The van der Waals surface area contributed by atoms with E-state index in [1.165, 1.54) is 0 Å². The Bertz CT molecular complexity index is 1630. The Labute approximate surface area is 242 Å². The molecule has 2 aromatic heterocycles. The van der Waals surface area contributed by atoms with Gasteiger partial charge in [0, 0.05) is 11.3 Å². The van der Waals surface area contributed by atoms with Crippen molar-refractivity contribution in [1.29, 1.82) is 0 Å². The molecule has 2 heterocycles. The van der Waals surface area contributed by atoms with Crippen molar-refractivity contribution in [3.05, 3.63) is 107 Å². The average molecular weight is 566 g/mol. The molecule has 5 rings (SSSR count). The number of carboxylic acids is 1. The van der Waals surface area contributed by atoms with E-state index in [2.05, 4.69) is 31.0 Å². The van der Waals surface area contributed by atoms with Gasteiger partial charge in [-0.2, -0.15) is 10.3 Å². The van der Waals surface area contributed by atoms with Crippen molar-refractivity contribution in [3.8, 4) is 22.5 Å². The number of aliphatic hydroxyl groups is 1. The highest BCUT2D eigenvalue weighted by atomic mass is 16.4. The highest BCUT2D eigenvalue weighted by molar-refractivity contribution is 5.93. The number of aromatic amines is 1. The number of nitrogens with zero attached hydrogens (tertiary/aromatic N) is 5. The van der Waals surface area contributed by atoms with Crippen LogP contribution in [0, 0.1) is 0 Å². The van der Waals surface area contributed by atoms with Crippen molar-refractivity contribution in [3.63, 3.8) is 0 Å². The summed E-state index contributed by atoms with van der Waals surface area (Å²) in [7, 11) is 0. The number of amides is 1. The summed E-state index contributed by atoms with van der Waals surface area (Å²) in [6.07, 6.45) is -0.0469. The van der Waals surface area contributed by atoms with E-state index in [1.807, 2.05) is 85.8 Å². The lowest BCUT2D eigenvalue weighted by Crippen LogP contribution is -2.48. The maximum atomic E-state index is 13.2. The molecule has 0 aliphatic heterocycles. The van der Waals surface area contributed by atoms with Crippen LogP contribution in [-0.4, -0.2) is 64.6 Å². The molecule has 2 atom stereocenters. The molecule has 5 aromatic rings. The van der Waals surface area contributed by atoms with Gasteiger partial charge >= 0.3 is 5.97 Å². The molecule has 4 N–H and O–H groups in total. The third-order valence-corrected chi connectivity index (χ3v) is 6.96. The van der Waals surface area contributed by atoms with Gasteiger partial charge in [-0.05, 0) is 46.4 Å². The molecule has 0 aliphatic rings. The number of carboxylic acid groups (broad SMARTS) is 1. The Kier molecular flexibility index (Phi) is 8.78. The number of aliphatic carboxylic acids is 1. The van der Waals surface area contributed by atoms with Gasteiger partial charge in [0.2, 0.25) is 5.82 Å². The molecule has 3 aromatic carbocycles. The number of carbonyl (C=O) groups excluding carboxylic acids is 1. The van der Waals surface area contributed by atoms with Crippen LogP contribution in [0.2, 0.25) is 0 Å². The fourth-order valence-electron chi connectivity index (χ4n) is 4.85. The zero-order valence-electron chi connectivity index (χ0n) is 23.0. The minimum Gasteiger partial charge on any atom is -0.479 e. The van der Waals surface area contributed by atoms with Crippen LogP contribution in [0.3, 0.4) is 0 Å². The van der Waals surface area contributed by atoms with E-state index in [0.717, 1.165) is 39.9 Å². The third kappa shape index (κ3) is 6.58. The van der Waals surface area contributed by atoms with Crippen molar-refractivity contribution in [2.45, 2.75) is 44.9 Å². The Morgan fingerprint density at radius 1 is 0.952 bits per heavy atom. The number of carbonyl (C=O) groups is 2. The number of benzene rings is 3. The first-order chi connectivity index (χ1) is 20.4. The summed E-state index contributed by atoms with van der Waals surface area (Å²) >= 11 is 0. The van der Waals surface area contributed by atoms with Crippen LogP contribution in [0.15, 0.2) is 84.9 Å². The number of aliphatic hydroxyl groups excluding tert-OH is 1. The number of aryl methyl sites for hydroxylation is 1. The number of hydrogen-bond donors (Lipinski definition) is 4. The highest BCUT2D eigenvalue weighted by Gasteiger charge is 2.29. The van der Waals surface area contributed by atoms with Crippen LogP contribution in [-0.2, 0) is 24.2 Å². The van der Waals surface area contributed by atoms with E-state index in [4.69, 9.17) is 0 Å². The molecule has 0 bridgehead atoms. The van der Waals surface area contributed by atoms with Crippen LogP contribution >= 0.6 is 0 Å². The van der Waals surface area contributed by atoms with E-state index in [-0.39, 0.29) is 12.1 Å². The number of aromatic nitrogens is 6. The number of H-pyrrole nitrogens is 1. The monoisotopic (exact) mass is 565 g/mol. The molecule has 0 spiro atoms. The molecule has 0 saturated heterocycles. The fourth-order valence-corrected chi connectivity index (χ4v) is 4.85. The van der Waals surface area contributed by atoms with Gasteiger partial charge in [-0.1, -0.05) is 92.2 Å². The summed E-state index contributed by atoms with van der Waals surface area (Å²) in [6, 6.07) is 25.7. The van der Waals surface area contributed by atoms with Crippen LogP contribution in [0.5, 0.6) is 0 Å². The largest absolute Gasteiger partial charge is 0.479 e. The molecule has 11 nitrogen and oxygen atoms in total. The maximum Gasteiger partial charge on any atom is 0.334 e. The Hall–Kier alpha value is -5.16. The summed E-state index contributed by atoms with van der Waals surface area (Å²) in [5.74, 6) is -1.43. The molecule has 1 amide bonds. The van der Waals surface area contributed by atoms with E-state index in [1.54, 1.807) is 10.7 Å². The predicted octanol–water partition coefficient (Wildman–Crippen LogP) is 3.52. The van der Waals surface area contributed by atoms with Gasteiger partial charge in [0.05, 0.1) is 12.6 Å². The Morgan fingerprint density at radius 2 is 1.67 bits per heavy atom. The summed E-state index contributed by atoms with van der Waals surface area (Å²) < 4.78 is 1.79.